The molecule has 9 rings (SSSR count). The molecule has 2 saturated carbocycles. The minimum atomic E-state index is -3.28. The first-order valence-corrected chi connectivity index (χ1v) is 24.5. The van der Waals surface area contributed by atoms with Crippen molar-refractivity contribution < 1.29 is 37.8 Å². The number of nitrogens with one attached hydrogen (secondary N) is 4. The molecule has 2 bridgehead atoms. The van der Waals surface area contributed by atoms with Crippen LogP contribution in [0.3, 0.4) is 0 Å². The number of terminal acetylenes is 1. The summed E-state index contributed by atoms with van der Waals surface area (Å²) in [5.74, 6) is -2.53. The molecule has 3 heterocycles. The third-order valence-electron chi connectivity index (χ3n) is 12.3. The van der Waals surface area contributed by atoms with Gasteiger partial charge in [0.25, 0.3) is 5.92 Å². The van der Waals surface area contributed by atoms with E-state index in [9.17, 15) is 19.2 Å². The predicted octanol–water partition coefficient (Wildman–Crippen LogP) is 11.8. The summed E-state index contributed by atoms with van der Waals surface area (Å²) < 4.78 is 37.4. The summed E-state index contributed by atoms with van der Waals surface area (Å²) in [4.78, 5) is 68.1. The van der Waals surface area contributed by atoms with Crippen LogP contribution in [-0.2, 0) is 26.8 Å². The number of nitrogens with zero attached hydrogens (tertiary/aromatic N) is 4. The van der Waals surface area contributed by atoms with E-state index in [0.29, 0.717) is 57.2 Å². The lowest BCUT2D eigenvalue weighted by molar-refractivity contribution is -0.135. The predicted molar refractivity (Wildman–Crippen MR) is 276 cm³/mol. The second-order valence-corrected chi connectivity index (χ2v) is 18.1. The molecule has 5 aromatic rings. The van der Waals surface area contributed by atoms with Crippen LogP contribution in [0.2, 0.25) is 0 Å². The zero-order valence-corrected chi connectivity index (χ0v) is 42.8. The Bertz CT molecular complexity index is 2630. The maximum atomic E-state index is 16.4. The Hall–Kier alpha value is -7.02. The molecule has 3 aliphatic carbocycles. The topological polar surface area (TPSA) is 186 Å². The SMILES string of the molecule is C#C.C=CC.CC.CCC.CCC.COC(=O)NCC(=O)N(Cc1ncc(-c2ccc3c(c2)C(F)(F)c2cc(-c4ccc5nc([C@@H]6C7CCC(C7)N6C(=O)CNC(=O)O)[nH]c5c4)ccc2-3)[nH]1)CC1(C)CC1. The van der Waals surface area contributed by atoms with Crippen molar-refractivity contribution in [2.45, 2.75) is 125 Å². The van der Waals surface area contributed by atoms with Crippen LogP contribution in [0.25, 0.3) is 44.5 Å². The number of allylic oxidation sites excluding steroid dienone is 1. The number of aromatic amines is 2. The minimum absolute atomic E-state index is 0.00304. The molecule has 5 N–H and O–H groups in total. The zero-order chi connectivity index (χ0) is 52.6. The van der Waals surface area contributed by atoms with Gasteiger partial charge in [0.05, 0.1) is 42.6 Å². The summed E-state index contributed by atoms with van der Waals surface area (Å²) in [6.45, 7) is 20.0. The van der Waals surface area contributed by atoms with Crippen molar-refractivity contribution in [3.8, 4) is 46.4 Å². The molecule has 3 aromatic carbocycles. The monoisotopic (exact) mass is 979 g/mol. The number of alkyl carbamates (subject to hydrolysis) is 1. The summed E-state index contributed by atoms with van der Waals surface area (Å²) in [7, 11) is 1.23. The number of likely N-dealkylation sites (tertiary alicyclic amines) is 1. The molecule has 4 amide bonds. The summed E-state index contributed by atoms with van der Waals surface area (Å²) in [5, 5.41) is 13.7. The number of amides is 4. The number of hydrogen-bond acceptors (Lipinski definition) is 7. The number of fused-ring (bicyclic) bond motifs is 6. The van der Waals surface area contributed by atoms with E-state index in [1.165, 1.54) is 32.1 Å². The molecule has 0 radical (unpaired) electrons. The number of rotatable bonds is 11. The first kappa shape index (κ1) is 56.6. The van der Waals surface area contributed by atoms with Gasteiger partial charge in [0.15, 0.2) is 0 Å². The zero-order valence-electron chi connectivity index (χ0n) is 42.8. The molecular formula is C55H72F2N8O6. The van der Waals surface area contributed by atoms with Crippen molar-refractivity contribution in [2.75, 3.05) is 26.7 Å². The lowest BCUT2D eigenvalue weighted by Crippen LogP contribution is -2.45. The number of methoxy groups -OCH3 is 1. The number of benzene rings is 3. The number of halogens is 2. The number of aromatic nitrogens is 4. The molecule has 2 unspecified atom stereocenters. The molecule has 4 aliphatic rings. The van der Waals surface area contributed by atoms with Crippen LogP contribution in [0, 0.1) is 24.2 Å². The second kappa shape index (κ2) is 25.7. The lowest BCUT2D eigenvalue weighted by atomic mass is 9.98. The van der Waals surface area contributed by atoms with E-state index in [4.69, 9.17) is 10.1 Å². The Morgan fingerprint density at radius 1 is 0.915 bits per heavy atom. The number of carbonyl (C=O) groups is 4. The number of H-pyrrole nitrogens is 2. The Kier molecular flexibility index (Phi) is 20.5. The number of alkyl halides is 2. The first-order chi connectivity index (χ1) is 34.0. The largest absolute Gasteiger partial charge is 0.465 e. The smallest absolute Gasteiger partial charge is 0.407 e. The summed E-state index contributed by atoms with van der Waals surface area (Å²) in [6, 6.07) is 15.4. The fourth-order valence-corrected chi connectivity index (χ4v) is 9.03. The molecule has 1 saturated heterocycles. The Morgan fingerprint density at radius 2 is 1.49 bits per heavy atom. The maximum Gasteiger partial charge on any atom is 0.407 e. The van der Waals surface area contributed by atoms with Crippen LogP contribution < -0.4 is 10.6 Å². The van der Waals surface area contributed by atoms with E-state index in [2.05, 4.69) is 84.4 Å². The molecule has 2 aromatic heterocycles. The van der Waals surface area contributed by atoms with Crippen molar-refractivity contribution in [2.24, 2.45) is 11.3 Å². The molecule has 16 heteroatoms. The van der Waals surface area contributed by atoms with E-state index >= 15 is 8.78 Å². The summed E-state index contributed by atoms with van der Waals surface area (Å²) in [6.07, 6.45) is 16.5. The highest BCUT2D eigenvalue weighted by atomic mass is 19.3. The minimum Gasteiger partial charge on any atom is -0.465 e. The van der Waals surface area contributed by atoms with Gasteiger partial charge in [0, 0.05) is 29.3 Å². The molecule has 382 valence electrons. The third-order valence-corrected chi connectivity index (χ3v) is 12.3. The van der Waals surface area contributed by atoms with Gasteiger partial charge < -0.3 is 40.2 Å². The molecule has 14 nitrogen and oxygen atoms in total. The quantitative estimate of drug-likeness (QED) is 0.0639. The molecule has 3 fully saturated rings. The van der Waals surface area contributed by atoms with Gasteiger partial charge in [-0.2, -0.15) is 8.78 Å². The van der Waals surface area contributed by atoms with Crippen LogP contribution >= 0.6 is 0 Å². The van der Waals surface area contributed by atoms with Crippen LogP contribution in [0.4, 0.5) is 18.4 Å². The first-order valence-electron chi connectivity index (χ1n) is 24.5. The highest BCUT2D eigenvalue weighted by Crippen LogP contribution is 2.53. The number of hydrogen-bond donors (Lipinski definition) is 5. The average molecular weight is 979 g/mol. The standard InChI is InChI=1S/C42H42F2N8O6.2C3H8.C3H6.C2H6.C2H2/c1-41(11-12-41)21-51(35(53)18-47-40(57)58-2)20-34-45-17-33(48-34)24-5-9-28-27-8-4-22(14-29(27)42(43,44)30(28)15-24)23-6-10-31-32(16-23)50-38(49-31)37-25-3-7-26(13-25)52(37)36(54)19-46-39(55)56;3*1-3-2;2*1-2/h4-6,8-10,14-17,25-26,37,46H,3,7,11-13,18-21H2,1-2H3,(H,45,48)(H,47,57)(H,49,50)(H,55,56);2*3H2,1-2H3;3H,1H2,2H3;1-2H3;1-2H/t25?,26?,37-;;;;;/m0...../s1. The third kappa shape index (κ3) is 13.4. The van der Waals surface area contributed by atoms with Crippen molar-refractivity contribution in [1.82, 2.24) is 40.4 Å². The van der Waals surface area contributed by atoms with Gasteiger partial charge in [0.2, 0.25) is 11.8 Å². The highest BCUT2D eigenvalue weighted by molar-refractivity contribution is 5.88. The molecule has 71 heavy (non-hydrogen) atoms. The maximum absolute atomic E-state index is 16.4. The molecule has 3 atom stereocenters. The van der Waals surface area contributed by atoms with E-state index in [1.54, 1.807) is 40.3 Å². The average Bonchev–Trinajstić information content (AvgIpc) is 3.94. The fraction of sp³-hybridized carbons (Fsp3) is 0.455. The van der Waals surface area contributed by atoms with Crippen LogP contribution in [0.5, 0.6) is 0 Å². The normalized spacial score (nSPS) is 17.5. The number of ether oxygens (including phenoxy) is 1. The van der Waals surface area contributed by atoms with E-state index in [1.807, 2.05) is 45.0 Å². The van der Waals surface area contributed by atoms with E-state index in [0.717, 1.165) is 37.7 Å². The highest BCUT2D eigenvalue weighted by Gasteiger charge is 2.50. The fourth-order valence-electron chi connectivity index (χ4n) is 9.03. The van der Waals surface area contributed by atoms with Gasteiger partial charge in [-0.3, -0.25) is 9.59 Å². The van der Waals surface area contributed by atoms with Crippen LogP contribution in [-0.4, -0.2) is 91.6 Å². The van der Waals surface area contributed by atoms with Crippen LogP contribution in [0.15, 0.2) is 73.4 Å². The molecule has 1 aliphatic heterocycles. The summed E-state index contributed by atoms with van der Waals surface area (Å²) >= 11 is 0. The van der Waals surface area contributed by atoms with Crippen LogP contribution in [0.1, 0.15) is 129 Å². The molecule has 0 spiro atoms. The number of imidazole rings is 2. The lowest BCUT2D eigenvalue weighted by Gasteiger charge is -2.34. The Morgan fingerprint density at radius 3 is 2.08 bits per heavy atom. The van der Waals surface area contributed by atoms with E-state index < -0.39 is 18.1 Å². The molecular weight excluding hydrogens is 907 g/mol. The van der Waals surface area contributed by atoms with Crippen molar-refractivity contribution in [1.29, 1.82) is 0 Å². The second-order valence-electron chi connectivity index (χ2n) is 18.1. The summed E-state index contributed by atoms with van der Waals surface area (Å²) in [5.41, 5.74) is 4.46. The van der Waals surface area contributed by atoms with E-state index in [-0.39, 0.29) is 66.0 Å². The Balaban J connectivity index is 0.000000769. The number of carboxylic acid groups (broad SMARTS) is 1. The van der Waals surface area contributed by atoms with Gasteiger partial charge in [-0.15, -0.1) is 19.4 Å². The van der Waals surface area contributed by atoms with Gasteiger partial charge in [-0.05, 0) is 96.9 Å². The van der Waals surface area contributed by atoms with Gasteiger partial charge in [-0.1, -0.05) is 97.7 Å². The van der Waals surface area contributed by atoms with Gasteiger partial charge in [-0.25, -0.2) is 19.6 Å². The van der Waals surface area contributed by atoms with Gasteiger partial charge >= 0.3 is 12.2 Å². The van der Waals surface area contributed by atoms with Crippen molar-refractivity contribution in [3.05, 3.63) is 96.2 Å². The van der Waals surface area contributed by atoms with Crippen molar-refractivity contribution >= 4 is 35.0 Å². The van der Waals surface area contributed by atoms with Crippen molar-refractivity contribution in [3.63, 3.8) is 0 Å². The van der Waals surface area contributed by atoms with Gasteiger partial charge in [0.1, 0.15) is 24.7 Å². The number of piperidine rings is 1. The Labute approximate surface area is 417 Å². The number of carbonyl (C=O) groups excluding carboxylic acids is 3.